The highest BCUT2D eigenvalue weighted by Crippen LogP contribution is 2.37. The Hall–Kier alpha value is -3.01. The molecule has 0 unspecified atom stereocenters. The minimum Gasteiger partial charge on any atom is -0.491 e. The van der Waals surface area contributed by atoms with Gasteiger partial charge in [0.05, 0.1) is 6.61 Å². The van der Waals surface area contributed by atoms with Crippen LogP contribution < -0.4 is 4.74 Å². The van der Waals surface area contributed by atoms with Gasteiger partial charge in [-0.3, -0.25) is 0 Å². The topological polar surface area (TPSA) is 9.23 Å². The fourth-order valence-corrected chi connectivity index (χ4v) is 5.03. The second-order valence-electron chi connectivity index (χ2n) is 10.0. The summed E-state index contributed by atoms with van der Waals surface area (Å²) in [5, 5.41) is 0. The van der Waals surface area contributed by atoms with E-state index in [1.54, 1.807) is 18.2 Å². The third-order valence-corrected chi connectivity index (χ3v) is 7.36. The minimum absolute atomic E-state index is 0.125. The number of aryl methyl sites for hydroxylation is 2. The number of hydrogen-bond donors (Lipinski definition) is 0. The Morgan fingerprint density at radius 2 is 1.58 bits per heavy atom. The van der Waals surface area contributed by atoms with Crippen molar-refractivity contribution < 1.29 is 17.9 Å². The quantitative estimate of drug-likeness (QED) is 0.202. The lowest BCUT2D eigenvalue weighted by Gasteiger charge is -2.27. The van der Waals surface area contributed by atoms with Crippen LogP contribution in [0, 0.1) is 23.4 Å². The smallest absolute Gasteiger partial charge is 0.165 e. The van der Waals surface area contributed by atoms with E-state index in [9.17, 15) is 13.2 Å². The second-order valence-corrected chi connectivity index (χ2v) is 10.0. The van der Waals surface area contributed by atoms with Gasteiger partial charge in [0.15, 0.2) is 23.2 Å². The first kappa shape index (κ1) is 26.1. The fourth-order valence-electron chi connectivity index (χ4n) is 5.03. The SMILES string of the molecule is C=CCCCOc1ccc(-c2ccc(CCc3ccc(C4CCC(C)CC4)c(F)c3F)cc2)cc1F. The molecule has 0 amide bonds. The second kappa shape index (κ2) is 12.3. The zero-order valence-electron chi connectivity index (χ0n) is 21.0. The first-order chi connectivity index (χ1) is 17.5. The highest BCUT2D eigenvalue weighted by Gasteiger charge is 2.24. The van der Waals surface area contributed by atoms with E-state index >= 15 is 0 Å². The van der Waals surface area contributed by atoms with E-state index in [1.807, 2.05) is 36.4 Å². The summed E-state index contributed by atoms with van der Waals surface area (Å²) in [5.74, 6) is -0.719. The number of rotatable bonds is 10. The maximum Gasteiger partial charge on any atom is 0.165 e. The maximum atomic E-state index is 14.9. The molecule has 3 aromatic rings. The van der Waals surface area contributed by atoms with Gasteiger partial charge in [-0.25, -0.2) is 13.2 Å². The zero-order valence-corrected chi connectivity index (χ0v) is 21.0. The molecule has 0 bridgehead atoms. The molecule has 0 aliphatic heterocycles. The van der Waals surface area contributed by atoms with Crippen LogP contribution in [-0.4, -0.2) is 6.61 Å². The van der Waals surface area contributed by atoms with E-state index in [-0.39, 0.29) is 17.5 Å². The van der Waals surface area contributed by atoms with Crippen molar-refractivity contribution in [3.8, 4) is 16.9 Å². The number of allylic oxidation sites excluding steroid dienone is 1. The molecule has 0 spiro atoms. The van der Waals surface area contributed by atoms with Crippen molar-refractivity contribution >= 4 is 0 Å². The summed E-state index contributed by atoms with van der Waals surface area (Å²) in [4.78, 5) is 0. The van der Waals surface area contributed by atoms with E-state index in [1.165, 1.54) is 6.07 Å². The van der Waals surface area contributed by atoms with Crippen molar-refractivity contribution in [1.82, 2.24) is 0 Å². The van der Waals surface area contributed by atoms with Crippen molar-refractivity contribution in [2.75, 3.05) is 6.61 Å². The summed E-state index contributed by atoms with van der Waals surface area (Å²) in [5.41, 5.74) is 3.62. The van der Waals surface area contributed by atoms with Gasteiger partial charge >= 0.3 is 0 Å². The molecule has 3 aromatic carbocycles. The van der Waals surface area contributed by atoms with Crippen molar-refractivity contribution in [3.05, 3.63) is 101 Å². The largest absolute Gasteiger partial charge is 0.491 e. The molecule has 36 heavy (non-hydrogen) atoms. The molecule has 1 aliphatic rings. The summed E-state index contributed by atoms with van der Waals surface area (Å²) in [6.07, 6.45) is 8.48. The van der Waals surface area contributed by atoms with Crippen molar-refractivity contribution in [1.29, 1.82) is 0 Å². The molecular formula is C32H35F3O. The summed E-state index contributed by atoms with van der Waals surface area (Å²) in [6, 6.07) is 16.3. The number of hydrogen-bond acceptors (Lipinski definition) is 1. The van der Waals surface area contributed by atoms with Crippen LogP contribution in [0.2, 0.25) is 0 Å². The summed E-state index contributed by atoms with van der Waals surface area (Å²) < 4.78 is 49.7. The summed E-state index contributed by atoms with van der Waals surface area (Å²) >= 11 is 0. The van der Waals surface area contributed by atoms with Gasteiger partial charge in [0.2, 0.25) is 0 Å². The Balaban J connectivity index is 1.36. The minimum atomic E-state index is -0.704. The number of unbranched alkanes of at least 4 members (excludes halogenated alkanes) is 1. The van der Waals surface area contributed by atoms with Gasteiger partial charge in [0, 0.05) is 0 Å². The maximum absolute atomic E-state index is 14.9. The summed E-state index contributed by atoms with van der Waals surface area (Å²) in [7, 11) is 0. The lowest BCUT2D eigenvalue weighted by atomic mass is 9.79. The van der Waals surface area contributed by atoms with Gasteiger partial charge in [-0.1, -0.05) is 68.3 Å². The Kier molecular flexibility index (Phi) is 8.90. The van der Waals surface area contributed by atoms with Gasteiger partial charge < -0.3 is 4.74 Å². The van der Waals surface area contributed by atoms with Crippen molar-refractivity contribution in [2.45, 2.75) is 64.2 Å². The Morgan fingerprint density at radius 1 is 0.861 bits per heavy atom. The van der Waals surface area contributed by atoms with Gasteiger partial charge in [0.1, 0.15) is 0 Å². The molecule has 0 atom stereocenters. The normalized spacial score (nSPS) is 17.7. The molecule has 0 N–H and O–H groups in total. The predicted molar refractivity (Wildman–Crippen MR) is 141 cm³/mol. The molecule has 0 radical (unpaired) electrons. The van der Waals surface area contributed by atoms with E-state index in [0.717, 1.165) is 55.2 Å². The fraction of sp³-hybridized carbons (Fsp3) is 0.375. The standard InChI is InChI=1S/C32H35F3O/c1-3-4-5-20-36-30-19-17-27(21-29(30)33)24-13-8-23(9-14-24)10-15-26-16-18-28(32(35)31(26)34)25-11-6-22(2)7-12-25/h3,8-9,13-14,16-19,21-22,25H,1,4-7,10-12,15,20H2,2H3. The van der Waals surface area contributed by atoms with E-state index in [4.69, 9.17) is 4.74 Å². The van der Waals surface area contributed by atoms with Crippen LogP contribution in [0.15, 0.2) is 67.3 Å². The van der Waals surface area contributed by atoms with Gasteiger partial charge in [-0.05, 0) is 90.3 Å². The highest BCUT2D eigenvalue weighted by molar-refractivity contribution is 5.64. The molecule has 4 heteroatoms. The van der Waals surface area contributed by atoms with Crippen LogP contribution in [0.3, 0.4) is 0 Å². The number of benzene rings is 3. The molecule has 0 heterocycles. The Labute approximate surface area is 213 Å². The monoisotopic (exact) mass is 492 g/mol. The summed E-state index contributed by atoms with van der Waals surface area (Å²) in [6.45, 7) is 6.34. The third kappa shape index (κ3) is 6.40. The van der Waals surface area contributed by atoms with E-state index in [0.29, 0.717) is 36.5 Å². The molecular weight excluding hydrogens is 457 g/mol. The predicted octanol–water partition coefficient (Wildman–Crippen LogP) is 9.19. The average Bonchev–Trinajstić information content (AvgIpc) is 2.89. The lowest BCUT2D eigenvalue weighted by Crippen LogP contribution is -2.13. The van der Waals surface area contributed by atoms with Gasteiger partial charge in [-0.2, -0.15) is 0 Å². The zero-order chi connectivity index (χ0) is 25.5. The van der Waals surface area contributed by atoms with Crippen molar-refractivity contribution in [3.63, 3.8) is 0 Å². The van der Waals surface area contributed by atoms with Crippen LogP contribution in [0.1, 0.15) is 68.1 Å². The molecule has 0 saturated heterocycles. The first-order valence-corrected chi connectivity index (χ1v) is 13.1. The highest BCUT2D eigenvalue weighted by atomic mass is 19.2. The molecule has 1 nitrogen and oxygen atoms in total. The molecule has 1 fully saturated rings. The number of ether oxygens (including phenoxy) is 1. The van der Waals surface area contributed by atoms with Crippen LogP contribution in [-0.2, 0) is 12.8 Å². The average molecular weight is 493 g/mol. The number of halogens is 3. The lowest BCUT2D eigenvalue weighted by molar-refractivity contribution is 0.297. The van der Waals surface area contributed by atoms with Crippen LogP contribution in [0.25, 0.3) is 11.1 Å². The van der Waals surface area contributed by atoms with Crippen LogP contribution in [0.4, 0.5) is 13.2 Å². The molecule has 1 saturated carbocycles. The van der Waals surface area contributed by atoms with Gasteiger partial charge in [0.25, 0.3) is 0 Å². The van der Waals surface area contributed by atoms with E-state index in [2.05, 4.69) is 13.5 Å². The van der Waals surface area contributed by atoms with Crippen molar-refractivity contribution in [2.24, 2.45) is 5.92 Å². The molecule has 0 aromatic heterocycles. The molecule has 190 valence electrons. The molecule has 4 rings (SSSR count). The Bertz CT molecular complexity index is 1160. The van der Waals surface area contributed by atoms with Gasteiger partial charge in [-0.15, -0.1) is 6.58 Å². The molecule has 1 aliphatic carbocycles. The Morgan fingerprint density at radius 3 is 2.28 bits per heavy atom. The van der Waals surface area contributed by atoms with E-state index < -0.39 is 11.6 Å². The first-order valence-electron chi connectivity index (χ1n) is 13.1. The van der Waals surface area contributed by atoms with Crippen LogP contribution >= 0.6 is 0 Å². The van der Waals surface area contributed by atoms with Crippen LogP contribution in [0.5, 0.6) is 5.75 Å². The third-order valence-electron chi connectivity index (χ3n) is 7.36.